The molecule has 1 aromatic carbocycles. The highest BCUT2D eigenvalue weighted by Crippen LogP contribution is 2.25. The molecular formula is C14H13BrFN3O2. The van der Waals surface area contributed by atoms with Crippen LogP contribution in [0.2, 0.25) is 0 Å². The van der Waals surface area contributed by atoms with Gasteiger partial charge in [-0.25, -0.2) is 9.37 Å². The molecule has 0 aliphatic carbocycles. The molecule has 21 heavy (non-hydrogen) atoms. The molecule has 0 unspecified atom stereocenters. The van der Waals surface area contributed by atoms with E-state index in [0.717, 1.165) is 5.56 Å². The zero-order valence-electron chi connectivity index (χ0n) is 11.5. The predicted octanol–water partition coefficient (Wildman–Crippen LogP) is 4.12. The van der Waals surface area contributed by atoms with Gasteiger partial charge in [0.2, 0.25) is 0 Å². The minimum atomic E-state index is -0.506. The van der Waals surface area contributed by atoms with Crippen LogP contribution in [-0.2, 0) is 6.54 Å². The van der Waals surface area contributed by atoms with Crippen molar-refractivity contribution in [3.63, 3.8) is 0 Å². The first-order valence-corrected chi connectivity index (χ1v) is 6.97. The number of hydrogen-bond donors (Lipinski definition) is 1. The number of rotatable bonds is 4. The Bertz CT molecular complexity index is 684. The Morgan fingerprint density at radius 2 is 1.95 bits per heavy atom. The molecule has 0 fully saturated rings. The number of anilines is 1. The lowest BCUT2D eigenvalue weighted by atomic mass is 10.1. The second kappa shape index (κ2) is 6.17. The average Bonchev–Trinajstić information content (AvgIpc) is 2.43. The molecule has 0 bridgehead atoms. The smallest absolute Gasteiger partial charge is 0.288 e. The number of aryl methyl sites for hydroxylation is 2. The van der Waals surface area contributed by atoms with Gasteiger partial charge in [-0.15, -0.1) is 0 Å². The topological polar surface area (TPSA) is 68.1 Å². The molecule has 1 N–H and O–H groups in total. The van der Waals surface area contributed by atoms with Crippen molar-refractivity contribution in [3.05, 3.63) is 61.5 Å². The van der Waals surface area contributed by atoms with E-state index in [0.29, 0.717) is 28.0 Å². The molecule has 0 saturated heterocycles. The Balaban J connectivity index is 2.15. The lowest BCUT2D eigenvalue weighted by molar-refractivity contribution is -0.385. The fourth-order valence-corrected chi connectivity index (χ4v) is 2.46. The number of aromatic nitrogens is 1. The lowest BCUT2D eigenvalue weighted by Gasteiger charge is -2.10. The molecule has 0 spiro atoms. The molecule has 7 heteroatoms. The molecule has 2 aromatic rings. The average molecular weight is 354 g/mol. The minimum Gasteiger partial charge on any atom is -0.365 e. The van der Waals surface area contributed by atoms with Crippen LogP contribution >= 0.6 is 15.9 Å². The zero-order chi connectivity index (χ0) is 15.6. The van der Waals surface area contributed by atoms with E-state index in [9.17, 15) is 14.5 Å². The normalized spacial score (nSPS) is 10.5. The molecule has 110 valence electrons. The van der Waals surface area contributed by atoms with Crippen molar-refractivity contribution in [3.8, 4) is 0 Å². The summed E-state index contributed by atoms with van der Waals surface area (Å²) in [5.74, 6) is 0.300. The first kappa shape index (κ1) is 15.4. The summed E-state index contributed by atoms with van der Waals surface area (Å²) >= 11 is 3.24. The number of nitro groups is 1. The monoisotopic (exact) mass is 353 g/mol. The zero-order valence-corrected chi connectivity index (χ0v) is 13.1. The first-order chi connectivity index (χ1) is 9.88. The van der Waals surface area contributed by atoms with Crippen molar-refractivity contribution >= 4 is 27.4 Å². The van der Waals surface area contributed by atoms with Crippen molar-refractivity contribution in [2.75, 3.05) is 5.32 Å². The van der Waals surface area contributed by atoms with Crippen molar-refractivity contribution in [2.24, 2.45) is 0 Å². The third-order valence-corrected chi connectivity index (χ3v) is 3.60. The molecule has 0 amide bonds. The van der Waals surface area contributed by atoms with Gasteiger partial charge in [0.15, 0.2) is 0 Å². The Morgan fingerprint density at radius 3 is 2.48 bits per heavy atom. The van der Waals surface area contributed by atoms with Crippen LogP contribution in [0.5, 0.6) is 0 Å². The van der Waals surface area contributed by atoms with Gasteiger partial charge in [-0.3, -0.25) is 10.1 Å². The van der Waals surface area contributed by atoms with Crippen LogP contribution in [0, 0.1) is 29.8 Å². The molecule has 0 radical (unpaired) electrons. The molecule has 1 aromatic heterocycles. The SMILES string of the molecule is Cc1cc(CNc2ncc([N+](=O)[O-])cc2Br)cc(C)c1F. The fourth-order valence-electron chi connectivity index (χ4n) is 1.98. The largest absolute Gasteiger partial charge is 0.365 e. The van der Waals surface area contributed by atoms with E-state index in [1.54, 1.807) is 26.0 Å². The Labute approximate surface area is 129 Å². The molecule has 0 atom stereocenters. The fraction of sp³-hybridized carbons (Fsp3) is 0.214. The van der Waals surface area contributed by atoms with Crippen LogP contribution in [0.4, 0.5) is 15.9 Å². The molecule has 5 nitrogen and oxygen atoms in total. The maximum atomic E-state index is 13.6. The van der Waals surface area contributed by atoms with E-state index in [1.807, 2.05) is 0 Å². The van der Waals surface area contributed by atoms with E-state index >= 15 is 0 Å². The third-order valence-electron chi connectivity index (χ3n) is 2.99. The molecule has 2 rings (SSSR count). The van der Waals surface area contributed by atoms with Gasteiger partial charge in [0.05, 0.1) is 9.40 Å². The highest BCUT2D eigenvalue weighted by molar-refractivity contribution is 9.10. The van der Waals surface area contributed by atoms with Crippen molar-refractivity contribution in [2.45, 2.75) is 20.4 Å². The summed E-state index contributed by atoms with van der Waals surface area (Å²) in [4.78, 5) is 14.1. The quantitative estimate of drug-likeness (QED) is 0.663. The number of nitrogens with zero attached hydrogens (tertiary/aromatic N) is 2. The summed E-state index contributed by atoms with van der Waals surface area (Å²) in [6.07, 6.45) is 1.19. The molecular weight excluding hydrogens is 341 g/mol. The number of benzene rings is 1. The van der Waals surface area contributed by atoms with E-state index in [-0.39, 0.29) is 11.5 Å². The predicted molar refractivity (Wildman–Crippen MR) is 81.8 cm³/mol. The van der Waals surface area contributed by atoms with Crippen LogP contribution in [0.15, 0.2) is 28.9 Å². The van der Waals surface area contributed by atoms with Gasteiger partial charge in [-0.2, -0.15) is 0 Å². The van der Waals surface area contributed by atoms with Gasteiger partial charge in [-0.05, 0) is 46.5 Å². The molecule has 0 aliphatic heterocycles. The van der Waals surface area contributed by atoms with Crippen LogP contribution < -0.4 is 5.32 Å². The summed E-state index contributed by atoms with van der Waals surface area (Å²) in [7, 11) is 0. The number of pyridine rings is 1. The van der Waals surface area contributed by atoms with E-state index in [1.165, 1.54) is 12.3 Å². The maximum absolute atomic E-state index is 13.6. The third kappa shape index (κ3) is 3.55. The standard InChI is InChI=1S/C14H13BrFN3O2/c1-8-3-10(4-9(2)13(8)16)6-17-14-12(15)5-11(7-18-14)19(20)21/h3-5,7H,6H2,1-2H3,(H,17,18). The van der Waals surface area contributed by atoms with Crippen LogP contribution in [0.3, 0.4) is 0 Å². The van der Waals surface area contributed by atoms with Gasteiger partial charge in [0.25, 0.3) is 5.69 Å². The summed E-state index contributed by atoms with van der Waals surface area (Å²) in [6.45, 7) is 3.88. The van der Waals surface area contributed by atoms with Crippen molar-refractivity contribution in [1.82, 2.24) is 4.98 Å². The second-order valence-corrected chi connectivity index (χ2v) is 5.53. The maximum Gasteiger partial charge on any atom is 0.288 e. The van der Waals surface area contributed by atoms with Gasteiger partial charge in [-0.1, -0.05) is 12.1 Å². The molecule has 1 heterocycles. The van der Waals surface area contributed by atoms with Crippen molar-refractivity contribution in [1.29, 1.82) is 0 Å². The van der Waals surface area contributed by atoms with Crippen LogP contribution in [0.25, 0.3) is 0 Å². The number of hydrogen-bond acceptors (Lipinski definition) is 4. The summed E-state index contributed by atoms with van der Waals surface area (Å²) < 4.78 is 14.1. The Kier molecular flexibility index (Phi) is 4.52. The molecule has 0 saturated carbocycles. The van der Waals surface area contributed by atoms with Gasteiger partial charge in [0, 0.05) is 12.6 Å². The number of nitrogens with one attached hydrogen (secondary N) is 1. The van der Waals surface area contributed by atoms with E-state index in [2.05, 4.69) is 26.2 Å². The van der Waals surface area contributed by atoms with E-state index in [4.69, 9.17) is 0 Å². The van der Waals surface area contributed by atoms with Crippen LogP contribution in [0.1, 0.15) is 16.7 Å². The summed E-state index contributed by atoms with van der Waals surface area (Å²) in [5, 5.41) is 13.7. The highest BCUT2D eigenvalue weighted by Gasteiger charge is 2.11. The summed E-state index contributed by atoms with van der Waals surface area (Å²) in [5.41, 5.74) is 2.00. The Morgan fingerprint density at radius 1 is 1.33 bits per heavy atom. The number of halogens is 2. The van der Waals surface area contributed by atoms with Gasteiger partial charge >= 0.3 is 0 Å². The first-order valence-electron chi connectivity index (χ1n) is 6.18. The molecule has 0 aliphatic rings. The van der Waals surface area contributed by atoms with E-state index < -0.39 is 4.92 Å². The minimum absolute atomic E-state index is 0.0825. The summed E-state index contributed by atoms with van der Waals surface area (Å²) in [6, 6.07) is 4.90. The Hall–Kier alpha value is -2.02. The highest BCUT2D eigenvalue weighted by atomic mass is 79.9. The van der Waals surface area contributed by atoms with Gasteiger partial charge < -0.3 is 5.32 Å². The van der Waals surface area contributed by atoms with Crippen LogP contribution in [-0.4, -0.2) is 9.91 Å². The second-order valence-electron chi connectivity index (χ2n) is 4.68. The lowest BCUT2D eigenvalue weighted by Crippen LogP contribution is -2.04. The van der Waals surface area contributed by atoms with Crippen molar-refractivity contribution < 1.29 is 9.31 Å². The van der Waals surface area contributed by atoms with Gasteiger partial charge in [0.1, 0.15) is 17.8 Å².